The first-order valence-electron chi connectivity index (χ1n) is 7.16. The zero-order valence-electron chi connectivity index (χ0n) is 13.3. The van der Waals surface area contributed by atoms with E-state index in [1.54, 1.807) is 38.1 Å². The Balaban J connectivity index is 2.16. The van der Waals surface area contributed by atoms with E-state index in [2.05, 4.69) is 9.97 Å². The molecule has 0 bridgehead atoms. The maximum Gasteiger partial charge on any atom is 0.344 e. The Morgan fingerprint density at radius 2 is 1.92 bits per heavy atom. The number of nitrogens with zero attached hydrogens (tertiary/aromatic N) is 3. The number of aromatic nitrogens is 2. The van der Waals surface area contributed by atoms with Gasteiger partial charge in [0.15, 0.2) is 6.61 Å². The first kappa shape index (κ1) is 17.0. The highest BCUT2D eigenvalue weighted by Gasteiger charge is 2.13. The Kier molecular flexibility index (Phi) is 5.16. The number of carbonyl (C=O) groups is 1. The van der Waals surface area contributed by atoms with E-state index >= 15 is 0 Å². The van der Waals surface area contributed by atoms with Gasteiger partial charge in [-0.05, 0) is 38.1 Å². The fourth-order valence-corrected chi connectivity index (χ4v) is 1.96. The van der Waals surface area contributed by atoms with Crippen LogP contribution in [0.1, 0.15) is 19.4 Å². The Bertz CT molecular complexity index is 782. The number of nitrogens with two attached hydrogens (primary N) is 2. The topological polar surface area (TPSA) is 137 Å². The molecule has 0 amide bonds. The number of nitrogen functional groups attached to an aromatic ring is 2. The van der Waals surface area contributed by atoms with Crippen molar-refractivity contribution in [2.45, 2.75) is 20.0 Å². The Labute approximate surface area is 139 Å². The summed E-state index contributed by atoms with van der Waals surface area (Å²) in [6, 6.07) is 8.63. The van der Waals surface area contributed by atoms with Gasteiger partial charge in [-0.25, -0.2) is 9.78 Å². The summed E-state index contributed by atoms with van der Waals surface area (Å²) in [4.78, 5) is 19.3. The van der Waals surface area contributed by atoms with E-state index in [1.165, 1.54) is 0 Å². The summed E-state index contributed by atoms with van der Waals surface area (Å²) in [7, 11) is 0. The van der Waals surface area contributed by atoms with Crippen LogP contribution < -0.4 is 16.2 Å². The summed E-state index contributed by atoms with van der Waals surface area (Å²) in [6.07, 6.45) is -0.193. The number of rotatable bonds is 5. The van der Waals surface area contributed by atoms with Crippen molar-refractivity contribution in [1.29, 1.82) is 5.26 Å². The maximum atomic E-state index is 11.4. The number of benzene rings is 1. The van der Waals surface area contributed by atoms with E-state index < -0.39 is 5.97 Å². The molecule has 0 radical (unpaired) electrons. The molecule has 0 aliphatic carbocycles. The van der Waals surface area contributed by atoms with E-state index in [9.17, 15) is 10.1 Å². The molecule has 1 heterocycles. The van der Waals surface area contributed by atoms with E-state index in [4.69, 9.17) is 20.9 Å². The van der Waals surface area contributed by atoms with E-state index in [1.807, 2.05) is 6.07 Å². The SMILES string of the molecule is CC(C)OC(=O)COc1ccc(-c2nc(N)nc(N)c2C#N)cc1. The minimum Gasteiger partial charge on any atom is -0.482 e. The van der Waals surface area contributed by atoms with Gasteiger partial charge in [-0.15, -0.1) is 0 Å². The lowest BCUT2D eigenvalue weighted by molar-refractivity contribution is -0.149. The van der Waals surface area contributed by atoms with Gasteiger partial charge in [0.2, 0.25) is 5.95 Å². The number of carbonyl (C=O) groups excluding carboxylic acids is 1. The zero-order chi connectivity index (χ0) is 17.7. The lowest BCUT2D eigenvalue weighted by Gasteiger charge is -2.10. The van der Waals surface area contributed by atoms with Gasteiger partial charge in [-0.2, -0.15) is 10.2 Å². The number of anilines is 2. The molecular formula is C16H17N5O3. The van der Waals surface area contributed by atoms with Crippen LogP contribution in [0.4, 0.5) is 11.8 Å². The van der Waals surface area contributed by atoms with Crippen LogP contribution in [-0.4, -0.2) is 28.6 Å². The monoisotopic (exact) mass is 327 g/mol. The molecule has 0 saturated carbocycles. The first-order chi connectivity index (χ1) is 11.4. The summed E-state index contributed by atoms with van der Waals surface area (Å²) in [6.45, 7) is 3.34. The summed E-state index contributed by atoms with van der Waals surface area (Å²) in [5, 5.41) is 9.20. The van der Waals surface area contributed by atoms with Gasteiger partial charge in [0.25, 0.3) is 0 Å². The van der Waals surface area contributed by atoms with E-state index in [-0.39, 0.29) is 30.0 Å². The highest BCUT2D eigenvalue weighted by Crippen LogP contribution is 2.26. The lowest BCUT2D eigenvalue weighted by Crippen LogP contribution is -2.18. The molecule has 1 aromatic carbocycles. The highest BCUT2D eigenvalue weighted by atomic mass is 16.6. The molecule has 1 aromatic heterocycles. The van der Waals surface area contributed by atoms with Crippen molar-refractivity contribution in [1.82, 2.24) is 9.97 Å². The third kappa shape index (κ3) is 4.10. The summed E-state index contributed by atoms with van der Waals surface area (Å²) >= 11 is 0. The molecular weight excluding hydrogens is 310 g/mol. The van der Waals surface area contributed by atoms with Crippen molar-refractivity contribution >= 4 is 17.7 Å². The standard InChI is InChI=1S/C16H17N5O3/c1-9(2)24-13(22)8-23-11-5-3-10(4-6-11)14-12(7-17)15(18)21-16(19)20-14/h3-6,9H,8H2,1-2H3,(H4,18,19,20,21). The van der Waals surface area contributed by atoms with Gasteiger partial charge in [0.1, 0.15) is 23.2 Å². The van der Waals surface area contributed by atoms with Crippen molar-refractivity contribution < 1.29 is 14.3 Å². The molecule has 0 aliphatic heterocycles. The van der Waals surface area contributed by atoms with Crippen LogP contribution in [0.15, 0.2) is 24.3 Å². The van der Waals surface area contributed by atoms with E-state index in [0.29, 0.717) is 17.0 Å². The summed E-state index contributed by atoms with van der Waals surface area (Å²) in [5.74, 6) is 0.0418. The van der Waals surface area contributed by atoms with Crippen LogP contribution in [0.25, 0.3) is 11.3 Å². The number of esters is 1. The van der Waals surface area contributed by atoms with Crippen molar-refractivity contribution in [3.05, 3.63) is 29.8 Å². The Morgan fingerprint density at radius 3 is 2.50 bits per heavy atom. The van der Waals surface area contributed by atoms with Crippen LogP contribution in [-0.2, 0) is 9.53 Å². The first-order valence-corrected chi connectivity index (χ1v) is 7.16. The van der Waals surface area contributed by atoms with Crippen LogP contribution in [0.2, 0.25) is 0 Å². The summed E-state index contributed by atoms with van der Waals surface area (Å²) < 4.78 is 10.3. The summed E-state index contributed by atoms with van der Waals surface area (Å²) in [5.41, 5.74) is 12.4. The second-order valence-electron chi connectivity index (χ2n) is 5.15. The smallest absolute Gasteiger partial charge is 0.344 e. The maximum absolute atomic E-state index is 11.4. The average Bonchev–Trinajstić information content (AvgIpc) is 2.52. The van der Waals surface area contributed by atoms with Crippen LogP contribution in [0.5, 0.6) is 5.75 Å². The number of nitriles is 1. The molecule has 0 aliphatic rings. The molecule has 0 atom stereocenters. The molecule has 0 fully saturated rings. The van der Waals surface area contributed by atoms with Gasteiger partial charge in [0, 0.05) is 5.56 Å². The quantitative estimate of drug-likeness (QED) is 0.788. The van der Waals surface area contributed by atoms with Crippen molar-refractivity contribution in [2.24, 2.45) is 0 Å². The molecule has 2 aromatic rings. The average molecular weight is 327 g/mol. The lowest BCUT2D eigenvalue weighted by atomic mass is 10.1. The van der Waals surface area contributed by atoms with Crippen molar-refractivity contribution in [3.8, 4) is 23.1 Å². The Hall–Kier alpha value is -3.34. The minimum absolute atomic E-state index is 0.0155. The second kappa shape index (κ2) is 7.28. The largest absolute Gasteiger partial charge is 0.482 e. The molecule has 8 heteroatoms. The van der Waals surface area contributed by atoms with Crippen molar-refractivity contribution in [3.63, 3.8) is 0 Å². The van der Waals surface area contributed by atoms with Crippen LogP contribution >= 0.6 is 0 Å². The van der Waals surface area contributed by atoms with Gasteiger partial charge in [-0.3, -0.25) is 0 Å². The number of hydrogen-bond donors (Lipinski definition) is 2. The van der Waals surface area contributed by atoms with Gasteiger partial charge in [-0.1, -0.05) is 0 Å². The molecule has 8 nitrogen and oxygen atoms in total. The molecule has 0 saturated heterocycles. The molecule has 2 rings (SSSR count). The normalized spacial score (nSPS) is 10.2. The third-order valence-corrected chi connectivity index (χ3v) is 2.92. The fraction of sp³-hybridized carbons (Fsp3) is 0.250. The number of ether oxygens (including phenoxy) is 2. The predicted octanol–water partition coefficient (Wildman–Crippen LogP) is 1.51. The van der Waals surface area contributed by atoms with Crippen LogP contribution in [0, 0.1) is 11.3 Å². The second-order valence-corrected chi connectivity index (χ2v) is 5.15. The van der Waals surface area contributed by atoms with E-state index in [0.717, 1.165) is 0 Å². The molecule has 0 unspecified atom stereocenters. The molecule has 24 heavy (non-hydrogen) atoms. The molecule has 4 N–H and O–H groups in total. The van der Waals surface area contributed by atoms with Gasteiger partial charge in [0.05, 0.1) is 11.8 Å². The fourth-order valence-electron chi connectivity index (χ4n) is 1.96. The molecule has 124 valence electrons. The minimum atomic E-state index is -0.447. The zero-order valence-corrected chi connectivity index (χ0v) is 13.3. The Morgan fingerprint density at radius 1 is 1.25 bits per heavy atom. The molecule has 0 spiro atoms. The van der Waals surface area contributed by atoms with Crippen molar-refractivity contribution in [2.75, 3.05) is 18.1 Å². The highest BCUT2D eigenvalue weighted by molar-refractivity contribution is 5.73. The van der Waals surface area contributed by atoms with Crippen LogP contribution in [0.3, 0.4) is 0 Å². The van der Waals surface area contributed by atoms with Gasteiger partial charge < -0.3 is 20.9 Å². The van der Waals surface area contributed by atoms with Gasteiger partial charge >= 0.3 is 5.97 Å². The number of hydrogen-bond acceptors (Lipinski definition) is 8. The third-order valence-electron chi connectivity index (χ3n) is 2.92. The predicted molar refractivity (Wildman–Crippen MR) is 87.7 cm³/mol.